The lowest BCUT2D eigenvalue weighted by Crippen LogP contribution is -2.66. The van der Waals surface area contributed by atoms with Gasteiger partial charge in [-0.05, 0) is 26.2 Å². The second-order valence-electron chi connectivity index (χ2n) is 7.50. The Bertz CT molecular complexity index is 328. The molecule has 11 heteroatoms. The first-order valence-electron chi connectivity index (χ1n) is 8.01. The summed E-state index contributed by atoms with van der Waals surface area (Å²) in [4.78, 5) is 12.7. The summed E-state index contributed by atoms with van der Waals surface area (Å²) in [6.07, 6.45) is 0.656. The third-order valence-corrected chi connectivity index (χ3v) is 13.9. The second kappa shape index (κ2) is 8.18. The molecule has 0 bridgehead atoms. The van der Waals surface area contributed by atoms with E-state index in [0.29, 0.717) is 6.17 Å². The molecule has 130 valence electrons. The third kappa shape index (κ3) is 8.52. The van der Waals surface area contributed by atoms with Gasteiger partial charge < -0.3 is 21.9 Å². The maximum atomic E-state index is 10.4. The van der Waals surface area contributed by atoms with E-state index in [-0.39, 0.29) is 0 Å². The van der Waals surface area contributed by atoms with Gasteiger partial charge in [0.05, 0.1) is 19.4 Å². The molecule has 1 fully saturated rings. The average Bonchev–Trinajstić information content (AvgIpc) is 2.23. The monoisotopic (exact) mass is 381 g/mol. The van der Waals surface area contributed by atoms with Gasteiger partial charge in [0.1, 0.15) is 15.6 Å². The summed E-state index contributed by atoms with van der Waals surface area (Å²) in [6.45, 7) is 15.3. The number of nitrogens with zero attached hydrogens (tertiary/aromatic N) is 1. The molecule has 0 spiro atoms. The average molecular weight is 382 g/mol. The fourth-order valence-corrected chi connectivity index (χ4v) is 15.5. The Morgan fingerprint density at radius 3 is 2.09 bits per heavy atom. The molecule has 0 aromatic carbocycles. The molecule has 0 radical (unpaired) electrons. The fourth-order valence-electron chi connectivity index (χ4n) is 2.41. The van der Waals surface area contributed by atoms with Crippen molar-refractivity contribution in [3.63, 3.8) is 0 Å². The fraction of sp³-hybridized carbons (Fsp3) is 1.00. The molecule has 0 aromatic rings. The van der Waals surface area contributed by atoms with Crippen molar-refractivity contribution in [3.05, 3.63) is 0 Å². The van der Waals surface area contributed by atoms with Crippen LogP contribution >= 0.6 is 0 Å². The van der Waals surface area contributed by atoms with Crippen molar-refractivity contribution in [2.24, 2.45) is 0 Å². The number of morpholine rings is 1. The quantitative estimate of drug-likeness (QED) is 0.591. The van der Waals surface area contributed by atoms with E-state index in [1.54, 1.807) is 13.1 Å². The van der Waals surface area contributed by atoms with Crippen LogP contribution in [0.5, 0.6) is 0 Å². The molecule has 1 aliphatic rings. The summed E-state index contributed by atoms with van der Waals surface area (Å²) in [7, 11) is -6.73. The highest BCUT2D eigenvalue weighted by Gasteiger charge is 2.50. The predicted octanol–water partition coefficient (Wildman–Crippen LogP) is -0.141. The molecule has 1 aliphatic heterocycles. The summed E-state index contributed by atoms with van der Waals surface area (Å²) in [6, 6.07) is 0. The molecule has 22 heavy (non-hydrogen) atoms. The summed E-state index contributed by atoms with van der Waals surface area (Å²) < 4.78 is 24.4. The van der Waals surface area contributed by atoms with Gasteiger partial charge in [-0.1, -0.05) is 13.1 Å². The largest absolute Gasteiger partial charge is 0.485 e. The lowest BCUT2D eigenvalue weighted by Gasteiger charge is -2.42. The second-order valence-corrected chi connectivity index (χ2v) is 21.0. The maximum Gasteiger partial charge on any atom is 0.485 e. The minimum absolute atomic E-state index is 0.656. The Morgan fingerprint density at radius 1 is 1.14 bits per heavy atom. The predicted molar refractivity (Wildman–Crippen MR) is 101 cm³/mol. The molecule has 0 saturated carbocycles. The number of rotatable bonds is 8. The maximum absolute atomic E-state index is 10.4. The molecule has 1 rings (SSSR count). The third-order valence-electron chi connectivity index (χ3n) is 2.80. The van der Waals surface area contributed by atoms with Gasteiger partial charge in [-0.3, -0.25) is 4.90 Å². The van der Waals surface area contributed by atoms with Gasteiger partial charge in [0.25, 0.3) is 0 Å². The molecular weight excluding hydrogens is 349 g/mol. The highest BCUT2D eigenvalue weighted by Crippen LogP contribution is 2.22. The molecule has 1 N–H and O–H groups in total. The number of ether oxygens (including phenoxy) is 1. The van der Waals surface area contributed by atoms with Crippen molar-refractivity contribution >= 4 is 42.0 Å². The lowest BCUT2D eigenvalue weighted by atomic mass is 10.5. The standard InChI is InChI=1S/C11H32BNO5Si4/c1-19(2)16-22(17-20(3,4)12,18-21(5,6)14)11-13-7-9-15-10-8-13/h14,19H,7-12H2,1-6H3. The Balaban J connectivity index is 2.99. The van der Waals surface area contributed by atoms with E-state index in [2.05, 4.69) is 38.5 Å². The van der Waals surface area contributed by atoms with Gasteiger partial charge in [0.15, 0.2) is 9.04 Å². The van der Waals surface area contributed by atoms with Crippen LogP contribution in [0.4, 0.5) is 0 Å². The minimum atomic E-state index is -2.91. The van der Waals surface area contributed by atoms with Gasteiger partial charge in [-0.2, -0.15) is 0 Å². The van der Waals surface area contributed by atoms with E-state index in [9.17, 15) is 4.80 Å². The van der Waals surface area contributed by atoms with E-state index >= 15 is 0 Å². The van der Waals surface area contributed by atoms with Crippen molar-refractivity contribution in [1.29, 1.82) is 0 Å². The van der Waals surface area contributed by atoms with Gasteiger partial charge in [-0.25, -0.2) is 0 Å². The SMILES string of the molecule is B[Si](C)(C)O[Si](CN1CCOCC1)(O[SiH](C)C)O[Si](C)(C)O. The van der Waals surface area contributed by atoms with Crippen molar-refractivity contribution < 1.29 is 21.9 Å². The van der Waals surface area contributed by atoms with Gasteiger partial charge in [-0.15, -0.1) is 0 Å². The normalized spacial score (nSPS) is 21.1. The van der Waals surface area contributed by atoms with Crippen molar-refractivity contribution in [1.82, 2.24) is 4.90 Å². The van der Waals surface area contributed by atoms with Crippen LogP contribution in [0.15, 0.2) is 0 Å². The van der Waals surface area contributed by atoms with Crippen LogP contribution in [-0.4, -0.2) is 84.2 Å². The first-order chi connectivity index (χ1) is 9.91. The molecule has 1 unspecified atom stereocenters. The first-order valence-corrected chi connectivity index (χ1v) is 19.0. The zero-order valence-corrected chi connectivity index (χ0v) is 19.3. The molecule has 0 aromatic heterocycles. The van der Waals surface area contributed by atoms with E-state index in [4.69, 9.17) is 17.1 Å². The van der Waals surface area contributed by atoms with Crippen LogP contribution in [0.3, 0.4) is 0 Å². The Kier molecular flexibility index (Phi) is 7.71. The summed E-state index contributed by atoms with van der Waals surface area (Å²) in [5, 5.41) is 0. The molecule has 6 nitrogen and oxygen atoms in total. The highest BCUT2D eigenvalue weighted by molar-refractivity contribution is 7.14. The van der Waals surface area contributed by atoms with Crippen LogP contribution in [0, 0.1) is 0 Å². The van der Waals surface area contributed by atoms with E-state index < -0.39 is 34.6 Å². The Morgan fingerprint density at radius 2 is 1.68 bits per heavy atom. The van der Waals surface area contributed by atoms with Crippen molar-refractivity contribution in [2.45, 2.75) is 39.3 Å². The van der Waals surface area contributed by atoms with E-state index in [0.717, 1.165) is 26.3 Å². The Labute approximate surface area is 140 Å². The minimum Gasteiger partial charge on any atom is -0.423 e. The van der Waals surface area contributed by atoms with E-state index in [1.807, 2.05) is 0 Å². The molecule has 0 aliphatic carbocycles. The molecule has 1 saturated heterocycles. The van der Waals surface area contributed by atoms with Crippen molar-refractivity contribution in [3.8, 4) is 0 Å². The molecule has 1 heterocycles. The zero-order chi connectivity index (χ0) is 17.0. The number of hydrogen-bond donors (Lipinski definition) is 1. The zero-order valence-electron chi connectivity index (χ0n) is 15.1. The summed E-state index contributed by atoms with van der Waals surface area (Å²) >= 11 is 0. The topological polar surface area (TPSA) is 60.4 Å². The van der Waals surface area contributed by atoms with Crippen LogP contribution in [0.25, 0.3) is 0 Å². The number of hydrogen-bond acceptors (Lipinski definition) is 6. The molecule has 0 amide bonds. The first kappa shape index (κ1) is 20.7. The lowest BCUT2D eigenvalue weighted by molar-refractivity contribution is 0.0382. The molecular formula is C11H32BNO5Si4. The van der Waals surface area contributed by atoms with Crippen molar-refractivity contribution in [2.75, 3.05) is 32.5 Å². The van der Waals surface area contributed by atoms with Gasteiger partial charge in [0.2, 0.25) is 0 Å². The van der Waals surface area contributed by atoms with Crippen LogP contribution in [0.2, 0.25) is 39.3 Å². The van der Waals surface area contributed by atoms with Gasteiger partial charge in [0, 0.05) is 13.1 Å². The van der Waals surface area contributed by atoms with Crippen LogP contribution in [-0.2, 0) is 17.1 Å². The Hall–Kier alpha value is 0.692. The summed E-state index contributed by atoms with van der Waals surface area (Å²) in [5.41, 5.74) is 0. The highest BCUT2D eigenvalue weighted by atomic mass is 28.5. The summed E-state index contributed by atoms with van der Waals surface area (Å²) in [5.74, 6) is 0. The van der Waals surface area contributed by atoms with Crippen LogP contribution < -0.4 is 0 Å². The molecule has 1 atom stereocenters. The van der Waals surface area contributed by atoms with E-state index in [1.165, 1.54) is 0 Å². The van der Waals surface area contributed by atoms with Gasteiger partial charge >= 0.3 is 17.4 Å². The smallest absolute Gasteiger partial charge is 0.423 e. The van der Waals surface area contributed by atoms with Crippen LogP contribution in [0.1, 0.15) is 0 Å².